The van der Waals surface area contributed by atoms with Gasteiger partial charge in [0.2, 0.25) is 0 Å². The molecule has 0 saturated heterocycles. The number of carbonyl (C=O) groups is 1. The Bertz CT molecular complexity index is 485. The van der Waals surface area contributed by atoms with E-state index >= 15 is 0 Å². The van der Waals surface area contributed by atoms with Gasteiger partial charge in [-0.15, -0.1) is 0 Å². The van der Waals surface area contributed by atoms with Crippen LogP contribution < -0.4 is 0 Å². The van der Waals surface area contributed by atoms with Gasteiger partial charge in [0.1, 0.15) is 0 Å². The maximum Gasteiger partial charge on any atom is 0.460 e. The van der Waals surface area contributed by atoms with Crippen LogP contribution >= 0.6 is 0 Å². The van der Waals surface area contributed by atoms with Gasteiger partial charge >= 0.3 is 23.9 Å². The molecule has 0 atom stereocenters. The number of halogens is 9. The van der Waals surface area contributed by atoms with Gasteiger partial charge in [0.05, 0.1) is 0 Å². The van der Waals surface area contributed by atoms with Crippen LogP contribution in [0.1, 0.15) is 0 Å². The molecule has 0 unspecified atom stereocenters. The number of aliphatic hydroxyl groups is 1. The quantitative estimate of drug-likeness (QED) is 0.809. The highest BCUT2D eigenvalue weighted by atomic mass is 19.4. The fraction of sp³-hybridized carbons (Fsp3) is 0.500. The van der Waals surface area contributed by atoms with Crippen LogP contribution in [0, 0.1) is 0 Å². The second-order valence-electron chi connectivity index (χ2n) is 4.12. The molecule has 0 bridgehead atoms. The van der Waals surface area contributed by atoms with Gasteiger partial charge in [0, 0.05) is 0 Å². The molecule has 2 nitrogen and oxygen atoms in total. The van der Waals surface area contributed by atoms with Gasteiger partial charge in [-0.3, -0.25) is 4.79 Å². The Hall–Kier alpha value is -1.52. The lowest BCUT2D eigenvalue weighted by atomic mass is 9.84. The van der Waals surface area contributed by atoms with Crippen molar-refractivity contribution in [2.24, 2.45) is 0 Å². The molecule has 0 aliphatic heterocycles. The molecule has 0 aromatic carbocycles. The topological polar surface area (TPSA) is 37.3 Å². The average Bonchev–Trinajstić information content (AvgIpc) is 2.31. The lowest BCUT2D eigenvalue weighted by Gasteiger charge is -2.40. The van der Waals surface area contributed by atoms with Gasteiger partial charge < -0.3 is 5.11 Å². The van der Waals surface area contributed by atoms with Crippen LogP contribution in [0.3, 0.4) is 0 Å². The highest BCUT2D eigenvalue weighted by Crippen LogP contribution is 2.56. The Labute approximate surface area is 110 Å². The summed E-state index contributed by atoms with van der Waals surface area (Å²) >= 11 is 0. The molecule has 1 N–H and O–H groups in total. The molecule has 1 rings (SSSR count). The van der Waals surface area contributed by atoms with Crippen molar-refractivity contribution in [3.63, 3.8) is 0 Å². The molecule has 0 spiro atoms. The van der Waals surface area contributed by atoms with E-state index < -0.39 is 35.3 Å². The van der Waals surface area contributed by atoms with Crippen LogP contribution in [-0.2, 0) is 4.79 Å². The van der Waals surface area contributed by atoms with Crippen LogP contribution in [-0.4, -0.2) is 40.4 Å². The number of rotatable bonds is 3. The van der Waals surface area contributed by atoms with Crippen LogP contribution in [0.4, 0.5) is 39.5 Å². The first-order valence-electron chi connectivity index (χ1n) is 4.95. The van der Waals surface area contributed by atoms with Crippen LogP contribution in [0.25, 0.3) is 0 Å². The average molecular weight is 328 g/mol. The molecule has 1 aliphatic rings. The molecule has 0 heterocycles. The van der Waals surface area contributed by atoms with Crippen molar-refractivity contribution in [2.45, 2.75) is 29.5 Å². The monoisotopic (exact) mass is 328 g/mol. The van der Waals surface area contributed by atoms with Crippen molar-refractivity contribution >= 4 is 5.78 Å². The zero-order chi connectivity index (χ0) is 16.9. The summed E-state index contributed by atoms with van der Waals surface area (Å²) in [6.07, 6.45) is -7.27. The van der Waals surface area contributed by atoms with Crippen molar-refractivity contribution in [1.82, 2.24) is 0 Å². The van der Waals surface area contributed by atoms with E-state index in [9.17, 15) is 49.4 Å². The fourth-order valence-corrected chi connectivity index (χ4v) is 1.37. The molecule has 1 aliphatic carbocycles. The summed E-state index contributed by atoms with van der Waals surface area (Å²) in [7, 11) is 0. The van der Waals surface area contributed by atoms with E-state index in [-0.39, 0.29) is 24.3 Å². The van der Waals surface area contributed by atoms with E-state index in [1.165, 1.54) is 0 Å². The Morgan fingerprint density at radius 1 is 0.810 bits per heavy atom. The van der Waals surface area contributed by atoms with Crippen LogP contribution in [0.5, 0.6) is 0 Å². The van der Waals surface area contributed by atoms with E-state index in [2.05, 4.69) is 0 Å². The normalized spacial score (nSPS) is 20.0. The Kier molecular flexibility index (Phi) is 3.74. The molecule has 0 radical (unpaired) electrons. The van der Waals surface area contributed by atoms with Gasteiger partial charge in [0.25, 0.3) is 0 Å². The molecule has 21 heavy (non-hydrogen) atoms. The maximum absolute atomic E-state index is 13.4. The summed E-state index contributed by atoms with van der Waals surface area (Å²) in [5.41, 5.74) is -4.18. The first-order valence-corrected chi connectivity index (χ1v) is 4.95. The summed E-state index contributed by atoms with van der Waals surface area (Å²) in [5, 5.41) is 9.22. The standard InChI is InChI=1S/C10H5F9O2/c11-7(12,6(21)3-1-5(20)2-4-6)8(13,14)9(15,16)10(17,18)19/h1-4,21H. The summed E-state index contributed by atoms with van der Waals surface area (Å²) in [5.74, 6) is -21.4. The lowest BCUT2D eigenvalue weighted by molar-refractivity contribution is -0.409. The van der Waals surface area contributed by atoms with E-state index in [1.54, 1.807) is 0 Å². The second-order valence-corrected chi connectivity index (χ2v) is 4.12. The molecule has 11 heteroatoms. The third kappa shape index (κ3) is 2.32. The van der Waals surface area contributed by atoms with E-state index in [0.29, 0.717) is 0 Å². The summed E-state index contributed by atoms with van der Waals surface area (Å²) in [6.45, 7) is 0. The fourth-order valence-electron chi connectivity index (χ4n) is 1.37. The largest absolute Gasteiger partial charge is 0.460 e. The highest BCUT2D eigenvalue weighted by molar-refractivity contribution is 6.00. The minimum atomic E-state index is -7.11. The zero-order valence-corrected chi connectivity index (χ0v) is 9.57. The SMILES string of the molecule is O=C1C=CC(O)(C(F)(F)C(F)(F)C(F)(F)C(F)(F)F)C=C1. The Morgan fingerprint density at radius 3 is 1.52 bits per heavy atom. The highest BCUT2D eigenvalue weighted by Gasteiger charge is 2.85. The lowest BCUT2D eigenvalue weighted by Crippen LogP contribution is -2.67. The minimum Gasteiger partial charge on any atom is -0.375 e. The molecule has 0 aromatic heterocycles. The van der Waals surface area contributed by atoms with E-state index in [4.69, 9.17) is 0 Å². The summed E-state index contributed by atoms with van der Waals surface area (Å²) < 4.78 is 114. The maximum atomic E-state index is 13.4. The van der Waals surface area contributed by atoms with Crippen LogP contribution in [0.15, 0.2) is 24.3 Å². The van der Waals surface area contributed by atoms with Gasteiger partial charge in [-0.05, 0) is 24.3 Å². The van der Waals surface area contributed by atoms with Gasteiger partial charge in [-0.25, -0.2) is 0 Å². The predicted octanol–water partition coefficient (Wildman–Crippen LogP) is 2.88. The Morgan fingerprint density at radius 2 is 1.19 bits per heavy atom. The van der Waals surface area contributed by atoms with Crippen molar-refractivity contribution in [2.75, 3.05) is 0 Å². The first kappa shape index (κ1) is 17.5. The zero-order valence-electron chi connectivity index (χ0n) is 9.57. The third-order valence-electron chi connectivity index (χ3n) is 2.65. The Balaban J connectivity index is 3.39. The van der Waals surface area contributed by atoms with E-state index in [0.717, 1.165) is 0 Å². The van der Waals surface area contributed by atoms with Crippen molar-refractivity contribution in [3.05, 3.63) is 24.3 Å². The molecule has 0 fully saturated rings. The molecule has 120 valence electrons. The number of allylic oxidation sites excluding steroid dienone is 2. The van der Waals surface area contributed by atoms with Crippen molar-refractivity contribution < 1.29 is 49.4 Å². The summed E-state index contributed by atoms with van der Waals surface area (Å²) in [6, 6.07) is 0. The van der Waals surface area contributed by atoms with Crippen LogP contribution in [0.2, 0.25) is 0 Å². The number of hydrogen-bond donors (Lipinski definition) is 1. The number of alkyl halides is 9. The van der Waals surface area contributed by atoms with Crippen molar-refractivity contribution in [3.8, 4) is 0 Å². The molecule has 0 aromatic rings. The molecule has 0 saturated carbocycles. The minimum absolute atomic E-state index is 0.135. The first-order chi connectivity index (χ1) is 9.10. The third-order valence-corrected chi connectivity index (χ3v) is 2.65. The van der Waals surface area contributed by atoms with Gasteiger partial charge in [-0.1, -0.05) is 0 Å². The van der Waals surface area contributed by atoms with E-state index in [1.807, 2.05) is 0 Å². The van der Waals surface area contributed by atoms with Gasteiger partial charge in [-0.2, -0.15) is 39.5 Å². The molecular weight excluding hydrogens is 323 g/mol. The smallest absolute Gasteiger partial charge is 0.375 e. The summed E-state index contributed by atoms with van der Waals surface area (Å²) in [4.78, 5) is 10.6. The predicted molar refractivity (Wildman–Crippen MR) is 49.1 cm³/mol. The second kappa shape index (κ2) is 4.49. The number of hydrogen-bond acceptors (Lipinski definition) is 2. The van der Waals surface area contributed by atoms with Gasteiger partial charge in [0.15, 0.2) is 11.4 Å². The molecular formula is C10H5F9O2. The number of carbonyl (C=O) groups excluding carboxylic acids is 1. The number of ketones is 1. The van der Waals surface area contributed by atoms with Crippen molar-refractivity contribution in [1.29, 1.82) is 0 Å². The molecule has 0 amide bonds.